The molecule has 10 heteroatoms. The summed E-state index contributed by atoms with van der Waals surface area (Å²) in [6, 6.07) is 4.65. The summed E-state index contributed by atoms with van der Waals surface area (Å²) in [7, 11) is 1.61. The van der Waals surface area contributed by atoms with Crippen LogP contribution in [0.5, 0.6) is 5.75 Å². The van der Waals surface area contributed by atoms with Gasteiger partial charge in [-0.1, -0.05) is 6.07 Å². The van der Waals surface area contributed by atoms with Crippen molar-refractivity contribution in [2.24, 2.45) is 0 Å². The van der Waals surface area contributed by atoms with Crippen LogP contribution in [0.15, 0.2) is 30.6 Å². The first-order chi connectivity index (χ1) is 14.3. The lowest BCUT2D eigenvalue weighted by atomic mass is 10.1. The number of nitrogens with one attached hydrogen (secondary N) is 1. The predicted octanol–water partition coefficient (Wildman–Crippen LogP) is 3.34. The molecule has 0 radical (unpaired) electrons. The molecule has 1 amide bonds. The predicted molar refractivity (Wildman–Crippen MR) is 101 cm³/mol. The van der Waals surface area contributed by atoms with Gasteiger partial charge in [-0.3, -0.25) is 4.79 Å². The van der Waals surface area contributed by atoms with E-state index in [1.54, 1.807) is 12.0 Å². The molecule has 4 rings (SSSR count). The Hall–Kier alpha value is -2.88. The fourth-order valence-electron chi connectivity index (χ4n) is 3.28. The Morgan fingerprint density at radius 1 is 1.20 bits per heavy atom. The molecule has 0 bridgehead atoms. The van der Waals surface area contributed by atoms with Crippen LogP contribution in [-0.4, -0.2) is 53.4 Å². The molecule has 1 saturated heterocycles. The molecule has 1 aliphatic carbocycles. The molecule has 1 aromatic carbocycles. The van der Waals surface area contributed by atoms with Gasteiger partial charge in [0.2, 0.25) is 5.95 Å². The van der Waals surface area contributed by atoms with E-state index in [9.17, 15) is 18.0 Å². The van der Waals surface area contributed by atoms with Gasteiger partial charge < -0.3 is 19.7 Å². The number of nitrogens with zero attached hydrogens (tertiary/aromatic N) is 3. The maximum atomic E-state index is 12.6. The largest absolute Gasteiger partial charge is 0.573 e. The molecule has 1 saturated carbocycles. The van der Waals surface area contributed by atoms with Crippen LogP contribution in [-0.2, 0) is 11.3 Å². The third-order valence-corrected chi connectivity index (χ3v) is 5.09. The lowest BCUT2D eigenvalue weighted by Gasteiger charge is -2.37. The number of halogens is 3. The van der Waals surface area contributed by atoms with Crippen molar-refractivity contribution in [2.45, 2.75) is 37.8 Å². The fourth-order valence-corrected chi connectivity index (χ4v) is 3.28. The van der Waals surface area contributed by atoms with Gasteiger partial charge in [-0.05, 0) is 42.0 Å². The Bertz CT molecular complexity index is 911. The van der Waals surface area contributed by atoms with Crippen LogP contribution in [0.25, 0.3) is 0 Å². The summed E-state index contributed by atoms with van der Waals surface area (Å²) in [6.07, 6.45) is 0.103. The summed E-state index contributed by atoms with van der Waals surface area (Å²) in [6.45, 7) is 1.30. The van der Waals surface area contributed by atoms with Crippen LogP contribution < -0.4 is 10.1 Å². The third-order valence-electron chi connectivity index (χ3n) is 5.09. The molecular formula is C20H21F3N4O3. The number of amides is 1. The zero-order chi connectivity index (χ0) is 21.3. The Morgan fingerprint density at radius 2 is 1.90 bits per heavy atom. The Kier molecular flexibility index (Phi) is 5.50. The standard InChI is InChI=1S/C20H21F3N4O3/c1-29-17-10-27(11-17)18(28)15-8-25-19(26-9-15)24-7-12-4-14(13-2-3-13)6-16(5-12)30-20(21,22)23/h4-6,8-9,13,17H,2-3,7,10-11H2,1H3,(H,24,25,26). The second-order valence-electron chi connectivity index (χ2n) is 7.45. The molecule has 7 nitrogen and oxygen atoms in total. The van der Waals surface area contributed by atoms with E-state index in [1.807, 2.05) is 6.07 Å². The molecule has 2 fully saturated rings. The van der Waals surface area contributed by atoms with E-state index in [0.29, 0.717) is 24.2 Å². The average molecular weight is 422 g/mol. The zero-order valence-corrected chi connectivity index (χ0v) is 16.3. The van der Waals surface area contributed by atoms with Gasteiger partial charge in [0.15, 0.2) is 0 Å². The summed E-state index contributed by atoms with van der Waals surface area (Å²) in [5.74, 6) is 0.164. The fraction of sp³-hybridized carbons (Fsp3) is 0.450. The molecule has 0 atom stereocenters. The summed E-state index contributed by atoms with van der Waals surface area (Å²) < 4.78 is 47.1. The van der Waals surface area contributed by atoms with Crippen molar-refractivity contribution in [3.05, 3.63) is 47.3 Å². The molecule has 0 unspecified atom stereocenters. The Morgan fingerprint density at radius 3 is 2.50 bits per heavy atom. The summed E-state index contributed by atoms with van der Waals surface area (Å²) in [5.41, 5.74) is 1.83. The van der Waals surface area contributed by atoms with Crippen molar-refractivity contribution >= 4 is 11.9 Å². The first kappa shape index (κ1) is 20.4. The van der Waals surface area contributed by atoms with Crippen molar-refractivity contribution in [1.29, 1.82) is 0 Å². The lowest BCUT2D eigenvalue weighted by molar-refractivity contribution is -0.274. The second-order valence-corrected chi connectivity index (χ2v) is 7.45. The lowest BCUT2D eigenvalue weighted by Crippen LogP contribution is -2.54. The van der Waals surface area contributed by atoms with Gasteiger partial charge in [0.25, 0.3) is 5.91 Å². The number of hydrogen-bond donors (Lipinski definition) is 1. The van der Waals surface area contributed by atoms with E-state index in [4.69, 9.17) is 4.74 Å². The van der Waals surface area contributed by atoms with Crippen molar-refractivity contribution < 1.29 is 27.4 Å². The van der Waals surface area contributed by atoms with E-state index in [0.717, 1.165) is 18.4 Å². The number of alkyl halides is 3. The topological polar surface area (TPSA) is 76.6 Å². The summed E-state index contributed by atoms with van der Waals surface area (Å²) in [4.78, 5) is 22.2. The van der Waals surface area contributed by atoms with Crippen LogP contribution in [0.4, 0.5) is 19.1 Å². The SMILES string of the molecule is COC1CN(C(=O)c2cnc(NCc3cc(OC(F)(F)F)cc(C4CC4)c3)nc2)C1. The monoisotopic (exact) mass is 422 g/mol. The molecule has 1 aliphatic heterocycles. The molecule has 30 heavy (non-hydrogen) atoms. The molecule has 160 valence electrons. The number of aromatic nitrogens is 2. The number of rotatable bonds is 7. The number of hydrogen-bond acceptors (Lipinski definition) is 6. The first-order valence-electron chi connectivity index (χ1n) is 9.58. The normalized spacial score (nSPS) is 16.9. The van der Waals surface area contributed by atoms with Crippen LogP contribution in [0.3, 0.4) is 0 Å². The summed E-state index contributed by atoms with van der Waals surface area (Å²) >= 11 is 0. The minimum Gasteiger partial charge on any atom is -0.406 e. The number of methoxy groups -OCH3 is 1. The Labute approximate surface area is 171 Å². The van der Waals surface area contributed by atoms with E-state index in [2.05, 4.69) is 20.0 Å². The highest BCUT2D eigenvalue weighted by molar-refractivity contribution is 5.94. The second kappa shape index (κ2) is 8.10. The molecule has 1 N–H and O–H groups in total. The molecule has 2 aliphatic rings. The maximum absolute atomic E-state index is 12.6. The van der Waals surface area contributed by atoms with Crippen LogP contribution >= 0.6 is 0 Å². The maximum Gasteiger partial charge on any atom is 0.573 e. The van der Waals surface area contributed by atoms with Crippen LogP contribution in [0.1, 0.15) is 40.2 Å². The number of likely N-dealkylation sites (tertiary alicyclic amines) is 1. The van der Waals surface area contributed by atoms with Crippen LogP contribution in [0.2, 0.25) is 0 Å². The first-order valence-corrected chi connectivity index (χ1v) is 9.58. The van der Waals surface area contributed by atoms with E-state index in [1.165, 1.54) is 24.5 Å². The number of carbonyl (C=O) groups is 1. The number of anilines is 1. The van der Waals surface area contributed by atoms with Gasteiger partial charge >= 0.3 is 6.36 Å². The summed E-state index contributed by atoms with van der Waals surface area (Å²) in [5, 5.41) is 2.97. The van der Waals surface area contributed by atoms with Gasteiger partial charge in [0, 0.05) is 39.1 Å². The quantitative estimate of drug-likeness (QED) is 0.738. The minimum absolute atomic E-state index is 0.0634. The average Bonchev–Trinajstić information content (AvgIpc) is 3.49. The minimum atomic E-state index is -4.74. The van der Waals surface area contributed by atoms with Gasteiger partial charge in [-0.2, -0.15) is 0 Å². The van der Waals surface area contributed by atoms with Crippen LogP contribution in [0, 0.1) is 0 Å². The smallest absolute Gasteiger partial charge is 0.406 e. The third kappa shape index (κ3) is 4.99. The van der Waals surface area contributed by atoms with Gasteiger partial charge in [0.05, 0.1) is 11.7 Å². The van der Waals surface area contributed by atoms with Crippen molar-refractivity contribution in [2.75, 3.05) is 25.5 Å². The zero-order valence-electron chi connectivity index (χ0n) is 16.3. The number of ether oxygens (including phenoxy) is 2. The van der Waals surface area contributed by atoms with Gasteiger partial charge in [-0.15, -0.1) is 13.2 Å². The highest BCUT2D eigenvalue weighted by Crippen LogP contribution is 2.42. The Balaban J connectivity index is 1.39. The van der Waals surface area contributed by atoms with E-state index < -0.39 is 6.36 Å². The highest BCUT2D eigenvalue weighted by atomic mass is 19.4. The molecule has 0 spiro atoms. The number of carbonyl (C=O) groups excluding carboxylic acids is 1. The molecule has 1 aromatic heterocycles. The highest BCUT2D eigenvalue weighted by Gasteiger charge is 2.33. The number of benzene rings is 1. The van der Waals surface area contributed by atoms with Gasteiger partial charge in [0.1, 0.15) is 5.75 Å². The van der Waals surface area contributed by atoms with E-state index in [-0.39, 0.29) is 36.2 Å². The molecule has 2 aromatic rings. The van der Waals surface area contributed by atoms with E-state index >= 15 is 0 Å². The van der Waals surface area contributed by atoms with Crippen molar-refractivity contribution in [3.8, 4) is 5.75 Å². The molecule has 2 heterocycles. The van der Waals surface area contributed by atoms with Crippen molar-refractivity contribution in [3.63, 3.8) is 0 Å². The molecular weight excluding hydrogens is 401 g/mol. The van der Waals surface area contributed by atoms with Crippen molar-refractivity contribution in [1.82, 2.24) is 14.9 Å². The van der Waals surface area contributed by atoms with Gasteiger partial charge in [-0.25, -0.2) is 9.97 Å².